The summed E-state index contributed by atoms with van der Waals surface area (Å²) in [4.78, 5) is 12.9. The van der Waals surface area contributed by atoms with Gasteiger partial charge in [0.15, 0.2) is 28.3 Å². The maximum Gasteiger partial charge on any atom is 0.196 e. The molecule has 2 heterocycles. The van der Waals surface area contributed by atoms with Gasteiger partial charge in [-0.15, -0.1) is 10.2 Å². The molecular formula is C24H19N3O3S. The van der Waals surface area contributed by atoms with E-state index in [4.69, 9.17) is 9.47 Å². The standard InChI is InChI=1S/C24H19N3O3S/c28-20(18-11-12-21-22(15-18)30-14-13-29-21)16-31-24-26-25-23(17-7-3-1-4-8-17)27(24)19-9-5-2-6-10-19/h1-12,15H,13-14,16H2. The van der Waals surface area contributed by atoms with E-state index in [0.717, 1.165) is 17.1 Å². The second kappa shape index (κ2) is 8.65. The zero-order valence-electron chi connectivity index (χ0n) is 16.6. The van der Waals surface area contributed by atoms with Crippen molar-refractivity contribution in [2.45, 2.75) is 5.16 Å². The van der Waals surface area contributed by atoms with E-state index in [2.05, 4.69) is 10.2 Å². The highest BCUT2D eigenvalue weighted by Crippen LogP contribution is 2.32. The van der Waals surface area contributed by atoms with Crippen molar-refractivity contribution in [2.24, 2.45) is 0 Å². The molecule has 0 spiro atoms. The lowest BCUT2D eigenvalue weighted by Crippen LogP contribution is -2.16. The Balaban J connectivity index is 1.42. The van der Waals surface area contributed by atoms with Crippen LogP contribution in [0.5, 0.6) is 11.5 Å². The Kier molecular flexibility index (Phi) is 5.41. The van der Waals surface area contributed by atoms with Crippen LogP contribution >= 0.6 is 11.8 Å². The van der Waals surface area contributed by atoms with E-state index in [1.54, 1.807) is 18.2 Å². The van der Waals surface area contributed by atoms with Crippen LogP contribution in [0.25, 0.3) is 17.1 Å². The van der Waals surface area contributed by atoms with Crippen molar-refractivity contribution in [2.75, 3.05) is 19.0 Å². The lowest BCUT2D eigenvalue weighted by Gasteiger charge is -2.18. The molecular weight excluding hydrogens is 410 g/mol. The van der Waals surface area contributed by atoms with Crippen LogP contribution in [-0.2, 0) is 0 Å². The maximum absolute atomic E-state index is 12.9. The van der Waals surface area contributed by atoms with Gasteiger partial charge in [-0.1, -0.05) is 60.3 Å². The molecule has 154 valence electrons. The van der Waals surface area contributed by atoms with Crippen molar-refractivity contribution in [1.82, 2.24) is 14.8 Å². The molecule has 6 nitrogen and oxygen atoms in total. The highest BCUT2D eigenvalue weighted by Gasteiger charge is 2.19. The predicted molar refractivity (Wildman–Crippen MR) is 119 cm³/mol. The molecule has 0 fully saturated rings. The first-order chi connectivity index (χ1) is 15.3. The van der Waals surface area contributed by atoms with Gasteiger partial charge in [0.2, 0.25) is 0 Å². The van der Waals surface area contributed by atoms with E-state index in [1.807, 2.05) is 65.2 Å². The van der Waals surface area contributed by atoms with Gasteiger partial charge < -0.3 is 9.47 Å². The van der Waals surface area contributed by atoms with Crippen LogP contribution in [0.3, 0.4) is 0 Å². The van der Waals surface area contributed by atoms with Crippen LogP contribution in [0.2, 0.25) is 0 Å². The van der Waals surface area contributed by atoms with E-state index in [9.17, 15) is 4.79 Å². The van der Waals surface area contributed by atoms with Gasteiger partial charge in [-0.3, -0.25) is 9.36 Å². The number of hydrogen-bond acceptors (Lipinski definition) is 6. The molecule has 5 rings (SSSR count). The first kappa shape index (κ1) is 19.4. The van der Waals surface area contributed by atoms with Gasteiger partial charge in [-0.25, -0.2) is 0 Å². The molecule has 3 aromatic carbocycles. The summed E-state index contributed by atoms with van der Waals surface area (Å²) in [6.45, 7) is 1.01. The zero-order chi connectivity index (χ0) is 21.0. The molecule has 1 aromatic heterocycles. The van der Waals surface area contributed by atoms with Gasteiger partial charge in [0.1, 0.15) is 13.2 Å². The molecule has 1 aliphatic rings. The first-order valence-corrected chi connectivity index (χ1v) is 10.9. The zero-order valence-corrected chi connectivity index (χ0v) is 17.4. The summed E-state index contributed by atoms with van der Waals surface area (Å²) in [7, 11) is 0. The minimum absolute atomic E-state index is 0.00848. The summed E-state index contributed by atoms with van der Waals surface area (Å²) in [5, 5.41) is 9.46. The predicted octanol–water partition coefficient (Wildman–Crippen LogP) is 4.68. The van der Waals surface area contributed by atoms with E-state index < -0.39 is 0 Å². The van der Waals surface area contributed by atoms with Crippen LogP contribution in [0.15, 0.2) is 84.0 Å². The fourth-order valence-electron chi connectivity index (χ4n) is 3.38. The molecule has 0 unspecified atom stereocenters. The number of fused-ring (bicyclic) bond motifs is 1. The number of thioether (sulfide) groups is 1. The lowest BCUT2D eigenvalue weighted by atomic mass is 10.1. The van der Waals surface area contributed by atoms with E-state index in [0.29, 0.717) is 35.4 Å². The summed E-state index contributed by atoms with van der Waals surface area (Å²) in [5.74, 6) is 2.25. The van der Waals surface area contributed by atoms with Crippen molar-refractivity contribution in [3.8, 4) is 28.6 Å². The number of carbonyl (C=O) groups is 1. The summed E-state index contributed by atoms with van der Waals surface area (Å²) < 4.78 is 13.1. The number of aromatic nitrogens is 3. The average molecular weight is 430 g/mol. The van der Waals surface area contributed by atoms with Crippen LogP contribution in [0, 0.1) is 0 Å². The molecule has 0 radical (unpaired) electrons. The van der Waals surface area contributed by atoms with Crippen LogP contribution < -0.4 is 9.47 Å². The fraction of sp³-hybridized carbons (Fsp3) is 0.125. The number of hydrogen-bond donors (Lipinski definition) is 0. The number of Topliss-reactive ketones (excluding diaryl/α,β-unsaturated/α-hetero) is 1. The largest absolute Gasteiger partial charge is 0.486 e. The average Bonchev–Trinajstić information content (AvgIpc) is 3.27. The molecule has 0 saturated heterocycles. The van der Waals surface area contributed by atoms with Gasteiger partial charge >= 0.3 is 0 Å². The summed E-state index contributed by atoms with van der Waals surface area (Å²) in [5.41, 5.74) is 2.50. The van der Waals surface area contributed by atoms with Crippen molar-refractivity contribution < 1.29 is 14.3 Å². The third-order valence-corrected chi connectivity index (χ3v) is 5.81. The SMILES string of the molecule is O=C(CSc1nnc(-c2ccccc2)n1-c1ccccc1)c1ccc2c(c1)OCCO2. The van der Waals surface area contributed by atoms with Gasteiger partial charge in [0.05, 0.1) is 5.75 Å². The Labute approximate surface area is 183 Å². The summed E-state index contributed by atoms with van der Waals surface area (Å²) >= 11 is 1.37. The number of rotatable bonds is 6. The minimum atomic E-state index is -0.00848. The number of carbonyl (C=O) groups excluding carboxylic acids is 1. The number of nitrogens with zero attached hydrogens (tertiary/aromatic N) is 3. The van der Waals surface area contributed by atoms with Crippen LogP contribution in [-0.4, -0.2) is 39.5 Å². The molecule has 1 aliphatic heterocycles. The van der Waals surface area contributed by atoms with Gasteiger partial charge in [-0.05, 0) is 30.3 Å². The smallest absolute Gasteiger partial charge is 0.196 e. The normalized spacial score (nSPS) is 12.5. The molecule has 31 heavy (non-hydrogen) atoms. The molecule has 0 N–H and O–H groups in total. The van der Waals surface area contributed by atoms with Gasteiger partial charge in [0.25, 0.3) is 0 Å². The third kappa shape index (κ3) is 4.04. The van der Waals surface area contributed by atoms with Crippen LogP contribution in [0.4, 0.5) is 0 Å². The highest BCUT2D eigenvalue weighted by molar-refractivity contribution is 7.99. The summed E-state index contributed by atoms with van der Waals surface area (Å²) in [6.07, 6.45) is 0. The Morgan fingerprint density at radius 2 is 1.58 bits per heavy atom. The van der Waals surface area contributed by atoms with Crippen LogP contribution in [0.1, 0.15) is 10.4 Å². The van der Waals surface area contributed by atoms with Gasteiger partial charge in [-0.2, -0.15) is 0 Å². The van der Waals surface area contributed by atoms with Crippen molar-refractivity contribution in [3.05, 3.63) is 84.4 Å². The minimum Gasteiger partial charge on any atom is -0.486 e. The number of ketones is 1. The molecule has 0 amide bonds. The Morgan fingerprint density at radius 1 is 0.871 bits per heavy atom. The second-order valence-corrected chi connectivity index (χ2v) is 7.86. The third-order valence-electron chi connectivity index (χ3n) is 4.88. The van der Waals surface area contributed by atoms with E-state index in [-0.39, 0.29) is 11.5 Å². The van der Waals surface area contributed by atoms with E-state index >= 15 is 0 Å². The molecule has 0 bridgehead atoms. The van der Waals surface area contributed by atoms with E-state index in [1.165, 1.54) is 11.8 Å². The lowest BCUT2D eigenvalue weighted by molar-refractivity contribution is 0.102. The fourth-order valence-corrected chi connectivity index (χ4v) is 4.22. The topological polar surface area (TPSA) is 66.2 Å². The second-order valence-electron chi connectivity index (χ2n) is 6.91. The number of ether oxygens (including phenoxy) is 2. The highest BCUT2D eigenvalue weighted by atomic mass is 32.2. The van der Waals surface area contributed by atoms with Crippen molar-refractivity contribution >= 4 is 17.5 Å². The molecule has 0 atom stereocenters. The first-order valence-electron chi connectivity index (χ1n) is 9.91. The molecule has 0 saturated carbocycles. The molecule has 4 aromatic rings. The van der Waals surface area contributed by atoms with Gasteiger partial charge in [0, 0.05) is 16.8 Å². The number of benzene rings is 3. The molecule has 0 aliphatic carbocycles. The number of para-hydroxylation sites is 1. The maximum atomic E-state index is 12.9. The quantitative estimate of drug-likeness (QED) is 0.328. The van der Waals surface area contributed by atoms with Crippen molar-refractivity contribution in [3.63, 3.8) is 0 Å². The Bertz CT molecular complexity index is 1210. The monoisotopic (exact) mass is 429 g/mol. The van der Waals surface area contributed by atoms with Crippen molar-refractivity contribution in [1.29, 1.82) is 0 Å². The Morgan fingerprint density at radius 3 is 2.35 bits per heavy atom. The molecule has 7 heteroatoms. The Hall–Kier alpha value is -3.58. The summed E-state index contributed by atoms with van der Waals surface area (Å²) in [6, 6.07) is 25.1.